The molecule has 0 saturated heterocycles. The van der Waals surface area contributed by atoms with E-state index in [1.54, 1.807) is 0 Å². The van der Waals surface area contributed by atoms with Gasteiger partial charge in [0.05, 0.1) is 15.7 Å². The Labute approximate surface area is 119 Å². The molecule has 0 aliphatic rings. The largest absolute Gasteiger partial charge is 0.481 e. The number of benzene rings is 1. The van der Waals surface area contributed by atoms with Gasteiger partial charge in [-0.2, -0.15) is 5.26 Å². The Bertz CT molecular complexity index is 514. The minimum atomic E-state index is -0.866. The van der Waals surface area contributed by atoms with Gasteiger partial charge in [0.1, 0.15) is 6.07 Å². The van der Waals surface area contributed by atoms with E-state index in [1.165, 1.54) is 12.1 Å². The number of hydrogen-bond donors (Lipinski definition) is 2. The molecule has 6 heteroatoms. The van der Waals surface area contributed by atoms with Crippen molar-refractivity contribution < 1.29 is 14.3 Å². The van der Waals surface area contributed by atoms with Crippen LogP contribution in [0.25, 0.3) is 0 Å². The lowest BCUT2D eigenvalue weighted by Crippen LogP contribution is -2.17. The molecule has 0 fully saturated rings. The van der Waals surface area contributed by atoms with Gasteiger partial charge in [0.15, 0.2) is 5.82 Å². The highest BCUT2D eigenvalue weighted by Gasteiger charge is 2.14. The smallest absolute Gasteiger partial charge is 0.303 e. The average Bonchev–Trinajstić information content (AvgIpc) is 2.38. The van der Waals surface area contributed by atoms with E-state index in [4.69, 9.17) is 10.4 Å². The van der Waals surface area contributed by atoms with Gasteiger partial charge in [-0.15, -0.1) is 0 Å². The van der Waals surface area contributed by atoms with Gasteiger partial charge in [0, 0.05) is 13.0 Å². The van der Waals surface area contributed by atoms with Crippen LogP contribution >= 0.6 is 15.9 Å². The number of carboxylic acid groups (broad SMARTS) is 1. The fraction of sp³-hybridized carbons (Fsp3) is 0.385. The molecular formula is C13H14BrFN2O2. The third kappa shape index (κ3) is 4.21. The predicted octanol–water partition coefficient (Wildman–Crippen LogP) is 3.37. The molecule has 0 bridgehead atoms. The Morgan fingerprint density at radius 1 is 1.63 bits per heavy atom. The number of nitrogens with zero attached hydrogens (tertiary/aromatic N) is 1. The van der Waals surface area contributed by atoms with Crippen molar-refractivity contribution in [1.29, 1.82) is 5.26 Å². The molecule has 1 aromatic rings. The van der Waals surface area contributed by atoms with Crippen LogP contribution in [-0.4, -0.2) is 17.6 Å². The maximum Gasteiger partial charge on any atom is 0.303 e. The molecular weight excluding hydrogens is 315 g/mol. The van der Waals surface area contributed by atoms with Crippen LogP contribution in [0, 0.1) is 23.1 Å². The van der Waals surface area contributed by atoms with Gasteiger partial charge in [-0.05, 0) is 34.0 Å². The van der Waals surface area contributed by atoms with E-state index in [-0.39, 0.29) is 28.1 Å². The highest BCUT2D eigenvalue weighted by Crippen LogP contribution is 2.27. The summed E-state index contributed by atoms with van der Waals surface area (Å²) in [5.41, 5.74) is 0.482. The highest BCUT2D eigenvalue weighted by molar-refractivity contribution is 9.10. The lowest BCUT2D eigenvalue weighted by molar-refractivity contribution is -0.138. The van der Waals surface area contributed by atoms with E-state index in [0.29, 0.717) is 13.0 Å². The molecule has 0 spiro atoms. The summed E-state index contributed by atoms with van der Waals surface area (Å²) in [5, 5.41) is 20.4. The lowest BCUT2D eigenvalue weighted by atomic mass is 10.0. The fourth-order valence-corrected chi connectivity index (χ4v) is 2.07. The van der Waals surface area contributed by atoms with Crippen LogP contribution in [0.15, 0.2) is 16.6 Å². The Morgan fingerprint density at radius 3 is 2.84 bits per heavy atom. The molecule has 0 aliphatic carbocycles. The first-order valence-corrected chi connectivity index (χ1v) is 6.62. The van der Waals surface area contributed by atoms with Crippen LogP contribution < -0.4 is 5.32 Å². The van der Waals surface area contributed by atoms with Crippen molar-refractivity contribution in [1.82, 2.24) is 0 Å². The van der Waals surface area contributed by atoms with Crippen LogP contribution in [0.5, 0.6) is 0 Å². The number of carbonyl (C=O) groups is 1. The predicted molar refractivity (Wildman–Crippen MR) is 73.3 cm³/mol. The molecule has 102 valence electrons. The summed E-state index contributed by atoms with van der Waals surface area (Å²) in [6.07, 6.45) is 0.737. The summed E-state index contributed by atoms with van der Waals surface area (Å²) in [5.74, 6) is -1.47. The topological polar surface area (TPSA) is 73.1 Å². The minimum absolute atomic E-state index is 0.0442. The molecule has 0 aromatic heterocycles. The van der Waals surface area contributed by atoms with Gasteiger partial charge in [-0.3, -0.25) is 4.79 Å². The van der Waals surface area contributed by atoms with E-state index in [2.05, 4.69) is 21.2 Å². The molecule has 19 heavy (non-hydrogen) atoms. The summed E-state index contributed by atoms with van der Waals surface area (Å²) >= 11 is 3.02. The van der Waals surface area contributed by atoms with E-state index >= 15 is 0 Å². The lowest BCUT2D eigenvalue weighted by Gasteiger charge is -2.15. The Kier molecular flexibility index (Phi) is 5.77. The van der Waals surface area contributed by atoms with Crippen molar-refractivity contribution in [2.45, 2.75) is 19.8 Å². The monoisotopic (exact) mass is 328 g/mol. The van der Waals surface area contributed by atoms with E-state index < -0.39 is 11.8 Å². The first-order valence-electron chi connectivity index (χ1n) is 5.83. The van der Waals surface area contributed by atoms with Gasteiger partial charge in [0.2, 0.25) is 0 Å². The Hall–Kier alpha value is -1.61. The van der Waals surface area contributed by atoms with Crippen LogP contribution in [0.3, 0.4) is 0 Å². The molecule has 0 saturated carbocycles. The Morgan fingerprint density at radius 2 is 2.32 bits per heavy atom. The zero-order valence-corrected chi connectivity index (χ0v) is 12.0. The fourth-order valence-electron chi connectivity index (χ4n) is 1.63. The van der Waals surface area contributed by atoms with Crippen molar-refractivity contribution in [2.24, 2.45) is 5.92 Å². The van der Waals surface area contributed by atoms with E-state index in [9.17, 15) is 9.18 Å². The van der Waals surface area contributed by atoms with Crippen LogP contribution in [0.2, 0.25) is 0 Å². The molecule has 1 rings (SSSR count). The molecule has 0 radical (unpaired) electrons. The number of aliphatic carboxylic acids is 1. The van der Waals surface area contributed by atoms with Gasteiger partial charge in [0.25, 0.3) is 0 Å². The van der Waals surface area contributed by atoms with Crippen molar-refractivity contribution in [3.05, 3.63) is 28.0 Å². The summed E-state index contributed by atoms with van der Waals surface area (Å²) < 4.78 is 14.0. The van der Waals surface area contributed by atoms with Crippen LogP contribution in [0.4, 0.5) is 10.1 Å². The number of rotatable bonds is 6. The first kappa shape index (κ1) is 15.4. The van der Waals surface area contributed by atoms with Gasteiger partial charge in [-0.1, -0.05) is 13.3 Å². The molecule has 0 amide bonds. The highest BCUT2D eigenvalue weighted by atomic mass is 79.9. The molecule has 1 atom stereocenters. The molecule has 1 aromatic carbocycles. The number of carboxylic acids is 1. The third-order valence-electron chi connectivity index (χ3n) is 2.82. The van der Waals surface area contributed by atoms with E-state index in [0.717, 1.165) is 0 Å². The zero-order chi connectivity index (χ0) is 14.4. The van der Waals surface area contributed by atoms with Crippen LogP contribution in [0.1, 0.15) is 25.3 Å². The number of hydrogen-bond acceptors (Lipinski definition) is 3. The summed E-state index contributed by atoms with van der Waals surface area (Å²) in [6.45, 7) is 2.26. The van der Waals surface area contributed by atoms with Gasteiger partial charge < -0.3 is 10.4 Å². The zero-order valence-electron chi connectivity index (χ0n) is 10.4. The quantitative estimate of drug-likeness (QED) is 0.839. The van der Waals surface area contributed by atoms with Crippen molar-refractivity contribution in [2.75, 3.05) is 11.9 Å². The standard InChI is InChI=1S/C13H14BrFN2O2/c1-2-8(5-11(18)19)7-17-10-4-3-9(6-16)12(14)13(10)15/h3-4,8,17H,2,5,7H2,1H3,(H,18,19). The second-order valence-corrected chi connectivity index (χ2v) is 4.95. The van der Waals surface area contributed by atoms with Gasteiger partial charge >= 0.3 is 5.97 Å². The SMILES string of the molecule is CCC(CNc1ccc(C#N)c(Br)c1F)CC(=O)O. The third-order valence-corrected chi connectivity index (χ3v) is 3.60. The van der Waals surface area contributed by atoms with E-state index in [1.807, 2.05) is 13.0 Å². The molecule has 0 heterocycles. The van der Waals surface area contributed by atoms with Crippen molar-refractivity contribution in [3.63, 3.8) is 0 Å². The van der Waals surface area contributed by atoms with Crippen molar-refractivity contribution in [3.8, 4) is 6.07 Å². The summed E-state index contributed by atoms with van der Waals surface area (Å²) in [6, 6.07) is 4.86. The number of nitriles is 1. The average molecular weight is 329 g/mol. The maximum atomic E-state index is 13.9. The van der Waals surface area contributed by atoms with Crippen molar-refractivity contribution >= 4 is 27.6 Å². The summed E-state index contributed by atoms with van der Waals surface area (Å²) in [4.78, 5) is 10.6. The second kappa shape index (κ2) is 7.10. The maximum absolute atomic E-state index is 13.9. The normalized spacial score (nSPS) is 11.7. The molecule has 1 unspecified atom stereocenters. The van der Waals surface area contributed by atoms with Gasteiger partial charge in [-0.25, -0.2) is 4.39 Å². The second-order valence-electron chi connectivity index (χ2n) is 4.15. The minimum Gasteiger partial charge on any atom is -0.481 e. The Balaban J connectivity index is 2.76. The molecule has 2 N–H and O–H groups in total. The van der Waals surface area contributed by atoms with Crippen LogP contribution in [-0.2, 0) is 4.79 Å². The molecule has 0 aliphatic heterocycles. The molecule has 4 nitrogen and oxygen atoms in total. The number of anilines is 1. The first-order chi connectivity index (χ1) is 8.99. The summed E-state index contributed by atoms with van der Waals surface area (Å²) in [7, 11) is 0. The number of nitrogens with one attached hydrogen (secondary N) is 1. The number of halogens is 2.